The van der Waals surface area contributed by atoms with Crippen molar-refractivity contribution in [2.75, 3.05) is 75.1 Å². The number of likely N-dealkylation sites (N-methyl/N-ethyl adjacent to an activating group) is 1. The van der Waals surface area contributed by atoms with Crippen LogP contribution in [0.1, 0.15) is 30.4 Å². The van der Waals surface area contributed by atoms with Crippen molar-refractivity contribution in [1.82, 2.24) is 19.8 Å². The first-order valence-electron chi connectivity index (χ1n) is 13.4. The highest BCUT2D eigenvalue weighted by atomic mass is 19.4. The fraction of sp³-hybridized carbons (Fsp3) is 0.556. The van der Waals surface area contributed by atoms with Crippen LogP contribution in [0.15, 0.2) is 24.4 Å². The van der Waals surface area contributed by atoms with Gasteiger partial charge in [0.15, 0.2) is 0 Å². The summed E-state index contributed by atoms with van der Waals surface area (Å²) >= 11 is 0. The number of hydrogen-bond donors (Lipinski definition) is 2. The van der Waals surface area contributed by atoms with Crippen molar-refractivity contribution >= 4 is 29.0 Å². The zero-order chi connectivity index (χ0) is 28.7. The molecule has 1 aromatic heterocycles. The highest BCUT2D eigenvalue weighted by Crippen LogP contribution is 2.34. The summed E-state index contributed by atoms with van der Waals surface area (Å²) in [5, 5.41) is 15.0. The third kappa shape index (κ3) is 7.51. The number of hydrogen-bond acceptors (Lipinski definition) is 9. The molecule has 2 saturated heterocycles. The molecule has 4 rings (SSSR count). The predicted molar refractivity (Wildman–Crippen MR) is 145 cm³/mol. The number of amides is 1. The number of aromatic nitrogens is 2. The molecule has 0 saturated carbocycles. The third-order valence-corrected chi connectivity index (χ3v) is 7.24. The van der Waals surface area contributed by atoms with E-state index >= 15 is 0 Å². The molecule has 2 aromatic rings. The summed E-state index contributed by atoms with van der Waals surface area (Å²) < 4.78 is 46.3. The van der Waals surface area contributed by atoms with Gasteiger partial charge in [0.05, 0.1) is 32.1 Å². The van der Waals surface area contributed by atoms with Crippen LogP contribution < -0.4 is 15.5 Å². The lowest BCUT2D eigenvalue weighted by Crippen LogP contribution is -2.51. The van der Waals surface area contributed by atoms with Gasteiger partial charge in [-0.15, -0.1) is 0 Å². The first kappa shape index (κ1) is 29.4. The number of carbonyl (C=O) groups excluding carboxylic acids is 1. The van der Waals surface area contributed by atoms with Gasteiger partial charge in [0.2, 0.25) is 11.9 Å². The summed E-state index contributed by atoms with van der Waals surface area (Å²) in [5.74, 6) is -0.288. The molecule has 0 spiro atoms. The number of nitriles is 1. The summed E-state index contributed by atoms with van der Waals surface area (Å²) in [6.07, 6.45) is -2.63. The molecule has 10 nitrogen and oxygen atoms in total. The Bertz CT molecular complexity index is 1220. The number of nitrogens with one attached hydrogen (secondary N) is 2. The Balaban J connectivity index is 1.42. The molecule has 1 amide bonds. The molecule has 40 heavy (non-hydrogen) atoms. The summed E-state index contributed by atoms with van der Waals surface area (Å²) in [6.45, 7) is 6.28. The van der Waals surface area contributed by atoms with Crippen molar-refractivity contribution in [2.24, 2.45) is 0 Å². The van der Waals surface area contributed by atoms with Crippen LogP contribution in [0, 0.1) is 18.3 Å². The van der Waals surface area contributed by atoms with Crippen LogP contribution in [-0.2, 0) is 15.7 Å². The molecular weight excluding hydrogens is 525 g/mol. The summed E-state index contributed by atoms with van der Waals surface area (Å²) in [5.41, 5.74) is 1.63. The topological polar surface area (TPSA) is 110 Å². The van der Waals surface area contributed by atoms with E-state index < -0.39 is 11.7 Å². The van der Waals surface area contributed by atoms with Gasteiger partial charge in [0, 0.05) is 62.9 Å². The smallest absolute Gasteiger partial charge is 0.379 e. The largest absolute Gasteiger partial charge is 0.421 e. The van der Waals surface area contributed by atoms with Crippen LogP contribution in [0.2, 0.25) is 0 Å². The Morgan fingerprint density at radius 2 is 2.05 bits per heavy atom. The van der Waals surface area contributed by atoms with E-state index in [0.29, 0.717) is 51.3 Å². The molecule has 2 aliphatic rings. The standard InChI is InChI=1S/C27H35F3N8O2/c1-19-16-20(38-12-11-36(2)21(18-38)6-8-31)4-5-23(19)34-26-33-17-22(27(28,29)30)25(35-26)32-9-3-10-37-13-15-40-14-7-24(37)39/h4-5,16-17,21H,3,6-7,9-15,18H2,1-2H3,(H2,32,33,34,35)/t21-/m0/s1. The van der Waals surface area contributed by atoms with Crippen LogP contribution in [0.4, 0.5) is 36.3 Å². The van der Waals surface area contributed by atoms with E-state index in [-0.39, 0.29) is 30.3 Å². The Kier molecular flexibility index (Phi) is 9.65. The average Bonchev–Trinajstić information content (AvgIpc) is 3.12. The number of aryl methyl sites for hydroxylation is 1. The fourth-order valence-electron chi connectivity index (χ4n) is 4.83. The molecule has 2 fully saturated rings. The second-order valence-electron chi connectivity index (χ2n) is 10.0. The first-order valence-corrected chi connectivity index (χ1v) is 13.4. The average molecular weight is 561 g/mol. The molecule has 1 atom stereocenters. The van der Waals surface area contributed by atoms with Gasteiger partial charge >= 0.3 is 6.18 Å². The summed E-state index contributed by atoms with van der Waals surface area (Å²) in [6, 6.07) is 8.22. The van der Waals surface area contributed by atoms with Crippen molar-refractivity contribution in [2.45, 2.75) is 38.4 Å². The maximum absolute atomic E-state index is 13.7. The Morgan fingerprint density at radius 1 is 1.23 bits per heavy atom. The zero-order valence-corrected chi connectivity index (χ0v) is 22.8. The predicted octanol–water partition coefficient (Wildman–Crippen LogP) is 3.63. The number of anilines is 4. The molecule has 0 unspecified atom stereocenters. The molecule has 1 aromatic carbocycles. The van der Waals surface area contributed by atoms with Gasteiger partial charge in [0.1, 0.15) is 11.4 Å². The van der Waals surface area contributed by atoms with Crippen LogP contribution in [-0.4, -0.2) is 91.2 Å². The van der Waals surface area contributed by atoms with E-state index in [2.05, 4.69) is 36.5 Å². The van der Waals surface area contributed by atoms with Crippen molar-refractivity contribution in [3.8, 4) is 6.07 Å². The van der Waals surface area contributed by atoms with E-state index in [1.807, 2.05) is 32.2 Å². The monoisotopic (exact) mass is 560 g/mol. The van der Waals surface area contributed by atoms with Crippen LogP contribution >= 0.6 is 0 Å². The number of rotatable bonds is 9. The Morgan fingerprint density at radius 3 is 2.80 bits per heavy atom. The second kappa shape index (κ2) is 13.1. The third-order valence-electron chi connectivity index (χ3n) is 7.24. The highest BCUT2D eigenvalue weighted by Gasteiger charge is 2.35. The van der Waals surface area contributed by atoms with Crippen LogP contribution in [0.5, 0.6) is 0 Å². The van der Waals surface area contributed by atoms with Gasteiger partial charge in [-0.25, -0.2) is 4.98 Å². The van der Waals surface area contributed by atoms with Gasteiger partial charge in [-0.3, -0.25) is 9.69 Å². The number of carbonyl (C=O) groups is 1. The molecule has 0 aliphatic carbocycles. The number of benzene rings is 1. The molecule has 13 heteroatoms. The normalized spacial score (nSPS) is 18.8. The minimum absolute atomic E-state index is 0.0157. The molecule has 0 radical (unpaired) electrons. The molecular formula is C27H35F3N8O2. The lowest BCUT2D eigenvalue weighted by atomic mass is 10.1. The number of halogens is 3. The maximum Gasteiger partial charge on any atom is 0.421 e. The first-order chi connectivity index (χ1) is 19.2. The minimum atomic E-state index is -4.62. The SMILES string of the molecule is Cc1cc(N2CCN(C)[C@@H](CC#N)C2)ccc1Nc1ncc(C(F)(F)F)c(NCCCN2CCOCCC2=O)n1. The van der Waals surface area contributed by atoms with Crippen LogP contribution in [0.25, 0.3) is 0 Å². The van der Waals surface area contributed by atoms with Gasteiger partial charge in [0.25, 0.3) is 0 Å². The molecule has 2 N–H and O–H groups in total. The lowest BCUT2D eigenvalue weighted by Gasteiger charge is -2.40. The fourth-order valence-corrected chi connectivity index (χ4v) is 4.83. The number of ether oxygens (including phenoxy) is 1. The van der Waals surface area contributed by atoms with Gasteiger partial charge in [-0.2, -0.15) is 23.4 Å². The highest BCUT2D eigenvalue weighted by molar-refractivity contribution is 5.76. The lowest BCUT2D eigenvalue weighted by molar-refractivity contribution is -0.137. The van der Waals surface area contributed by atoms with Crippen LogP contribution in [0.3, 0.4) is 0 Å². The number of alkyl halides is 3. The van der Waals surface area contributed by atoms with E-state index in [1.54, 1.807) is 4.90 Å². The number of piperazine rings is 1. The molecule has 3 heterocycles. The number of nitrogens with zero attached hydrogens (tertiary/aromatic N) is 6. The Hall–Kier alpha value is -3.63. The van der Waals surface area contributed by atoms with E-state index in [0.717, 1.165) is 37.1 Å². The van der Waals surface area contributed by atoms with Gasteiger partial charge in [-0.05, 0) is 44.2 Å². The van der Waals surface area contributed by atoms with Gasteiger partial charge in [-0.1, -0.05) is 0 Å². The van der Waals surface area contributed by atoms with Crippen molar-refractivity contribution in [3.63, 3.8) is 0 Å². The van der Waals surface area contributed by atoms with E-state index in [9.17, 15) is 18.0 Å². The van der Waals surface area contributed by atoms with Crippen molar-refractivity contribution in [1.29, 1.82) is 5.26 Å². The zero-order valence-electron chi connectivity index (χ0n) is 22.8. The van der Waals surface area contributed by atoms with Crippen molar-refractivity contribution in [3.05, 3.63) is 35.5 Å². The summed E-state index contributed by atoms with van der Waals surface area (Å²) in [7, 11) is 2.02. The molecule has 2 aliphatic heterocycles. The quantitative estimate of drug-likeness (QED) is 0.445. The van der Waals surface area contributed by atoms with E-state index in [4.69, 9.17) is 10.00 Å². The molecule has 0 bridgehead atoms. The van der Waals surface area contributed by atoms with Gasteiger partial charge < -0.3 is 25.2 Å². The second-order valence-corrected chi connectivity index (χ2v) is 10.0. The maximum atomic E-state index is 13.7. The molecule has 216 valence electrons. The summed E-state index contributed by atoms with van der Waals surface area (Å²) in [4.78, 5) is 26.3. The Labute approximate surface area is 232 Å². The van der Waals surface area contributed by atoms with E-state index in [1.165, 1.54) is 0 Å². The minimum Gasteiger partial charge on any atom is -0.379 e. The van der Waals surface area contributed by atoms with Crippen molar-refractivity contribution < 1.29 is 22.7 Å².